The highest BCUT2D eigenvalue weighted by molar-refractivity contribution is 6.18. The third kappa shape index (κ3) is 5.25. The van der Waals surface area contributed by atoms with Gasteiger partial charge in [0.2, 0.25) is 0 Å². The second-order valence-electron chi connectivity index (χ2n) is 15.7. The molecule has 0 radical (unpaired) electrons. The predicted molar refractivity (Wildman–Crippen MR) is 240 cm³/mol. The number of para-hydroxylation sites is 1. The molecule has 270 valence electrons. The number of furan rings is 1. The summed E-state index contributed by atoms with van der Waals surface area (Å²) in [5, 5.41) is 4.65. The zero-order valence-electron chi connectivity index (χ0n) is 31.9. The van der Waals surface area contributed by atoms with E-state index in [0.717, 1.165) is 44.6 Å². The van der Waals surface area contributed by atoms with E-state index in [0.29, 0.717) is 0 Å². The molecule has 0 saturated carbocycles. The van der Waals surface area contributed by atoms with Crippen molar-refractivity contribution in [3.05, 3.63) is 211 Å². The summed E-state index contributed by atoms with van der Waals surface area (Å²) in [6, 6.07) is 72.4. The van der Waals surface area contributed by atoms with E-state index in [4.69, 9.17) is 4.42 Å². The van der Waals surface area contributed by atoms with Gasteiger partial charge in [-0.3, -0.25) is 0 Å². The summed E-state index contributed by atoms with van der Waals surface area (Å²) in [6.07, 6.45) is 0. The van der Waals surface area contributed by atoms with Gasteiger partial charge in [-0.1, -0.05) is 184 Å². The van der Waals surface area contributed by atoms with Crippen LogP contribution in [-0.2, 0) is 5.41 Å². The van der Waals surface area contributed by atoms with Gasteiger partial charge in [0.05, 0.1) is 5.69 Å². The van der Waals surface area contributed by atoms with Gasteiger partial charge in [0, 0.05) is 33.1 Å². The van der Waals surface area contributed by atoms with Gasteiger partial charge in [-0.25, -0.2) is 0 Å². The fourth-order valence-electron chi connectivity index (χ4n) is 9.32. The molecule has 0 aliphatic heterocycles. The number of rotatable bonds is 6. The Bertz CT molecular complexity index is 3030. The molecule has 2 heteroatoms. The van der Waals surface area contributed by atoms with Crippen LogP contribution in [0.5, 0.6) is 0 Å². The van der Waals surface area contributed by atoms with Crippen LogP contribution in [-0.4, -0.2) is 0 Å². The van der Waals surface area contributed by atoms with E-state index in [1.165, 1.54) is 60.8 Å². The predicted octanol–water partition coefficient (Wildman–Crippen LogP) is 15.5. The minimum Gasteiger partial charge on any atom is -0.453 e. The molecule has 1 heterocycles. The Kier molecular flexibility index (Phi) is 7.55. The lowest BCUT2D eigenvalue weighted by Crippen LogP contribution is -2.21. The topological polar surface area (TPSA) is 16.4 Å². The van der Waals surface area contributed by atoms with E-state index >= 15 is 0 Å². The first-order valence-electron chi connectivity index (χ1n) is 19.8. The van der Waals surface area contributed by atoms with Crippen LogP contribution in [0.3, 0.4) is 0 Å². The number of benzene rings is 9. The molecule has 0 fully saturated rings. The molecule has 0 N–H and O–H groups in total. The van der Waals surface area contributed by atoms with E-state index in [2.05, 4.69) is 219 Å². The summed E-state index contributed by atoms with van der Waals surface area (Å²) < 4.78 is 7.40. The van der Waals surface area contributed by atoms with E-state index in [-0.39, 0.29) is 5.41 Å². The van der Waals surface area contributed by atoms with E-state index in [9.17, 15) is 0 Å². The summed E-state index contributed by atoms with van der Waals surface area (Å²) in [5.41, 5.74) is 16.8. The lowest BCUT2D eigenvalue weighted by molar-refractivity contribution is 0.648. The zero-order chi connectivity index (χ0) is 38.1. The highest BCUT2D eigenvalue weighted by Crippen LogP contribution is 2.58. The van der Waals surface area contributed by atoms with Gasteiger partial charge in [0.1, 0.15) is 5.58 Å². The van der Waals surface area contributed by atoms with Crippen molar-refractivity contribution < 1.29 is 4.42 Å². The summed E-state index contributed by atoms with van der Waals surface area (Å²) in [7, 11) is 0. The van der Waals surface area contributed by atoms with Crippen molar-refractivity contribution in [3.63, 3.8) is 0 Å². The van der Waals surface area contributed by atoms with Gasteiger partial charge >= 0.3 is 0 Å². The van der Waals surface area contributed by atoms with Crippen molar-refractivity contribution in [2.45, 2.75) is 19.3 Å². The lowest BCUT2D eigenvalue weighted by atomic mass is 9.80. The third-order valence-electron chi connectivity index (χ3n) is 12.0. The van der Waals surface area contributed by atoms with Gasteiger partial charge < -0.3 is 9.32 Å². The second-order valence-corrected chi connectivity index (χ2v) is 15.7. The van der Waals surface area contributed by atoms with Gasteiger partial charge in [-0.05, 0) is 91.2 Å². The first-order chi connectivity index (χ1) is 28.0. The van der Waals surface area contributed by atoms with Gasteiger partial charge in [-0.2, -0.15) is 0 Å². The summed E-state index contributed by atoms with van der Waals surface area (Å²) >= 11 is 0. The maximum absolute atomic E-state index is 7.40. The Labute approximate surface area is 332 Å². The molecule has 0 spiro atoms. The first kappa shape index (κ1) is 33.2. The Morgan fingerprint density at radius 2 is 0.895 bits per heavy atom. The fraction of sp³-hybridized carbons (Fsp3) is 0.0545. The van der Waals surface area contributed by atoms with Crippen molar-refractivity contribution in [1.29, 1.82) is 0 Å². The standard InChI is InChI=1S/C55H39NO/c1-55(2)50-26-12-11-22-45(50)48-35-49-47-25-14-24-46(44-23-13-20-40-19-9-10-21-43(40)44)53(47)57-54(49)52(51(48)55)56(41-31-27-38(28-32-41)36-15-5-3-6-16-36)42-33-29-39(30-34-42)37-17-7-4-8-18-37/h3-35H,1-2H3. The Hall–Kier alpha value is -7.16. The van der Waals surface area contributed by atoms with E-state index in [1.54, 1.807) is 0 Å². The summed E-state index contributed by atoms with van der Waals surface area (Å²) in [5.74, 6) is 0. The molecular formula is C55H39NO. The minimum absolute atomic E-state index is 0.306. The molecule has 0 saturated heterocycles. The summed E-state index contributed by atoms with van der Waals surface area (Å²) in [4.78, 5) is 2.44. The number of hydrogen-bond acceptors (Lipinski definition) is 2. The Morgan fingerprint density at radius 3 is 1.58 bits per heavy atom. The van der Waals surface area contributed by atoms with E-state index < -0.39 is 0 Å². The highest BCUT2D eigenvalue weighted by atomic mass is 16.3. The minimum atomic E-state index is -0.306. The van der Waals surface area contributed by atoms with Crippen LogP contribution in [0.4, 0.5) is 17.1 Å². The quantitative estimate of drug-likeness (QED) is 0.169. The maximum Gasteiger partial charge on any atom is 0.159 e. The molecule has 11 rings (SSSR count). The molecule has 1 aliphatic carbocycles. The number of hydrogen-bond donors (Lipinski definition) is 0. The molecule has 57 heavy (non-hydrogen) atoms. The van der Waals surface area contributed by atoms with Crippen LogP contribution >= 0.6 is 0 Å². The lowest BCUT2D eigenvalue weighted by Gasteiger charge is -2.32. The number of nitrogens with zero attached hydrogens (tertiary/aromatic N) is 1. The maximum atomic E-state index is 7.40. The highest BCUT2D eigenvalue weighted by Gasteiger charge is 2.41. The van der Waals surface area contributed by atoms with Crippen LogP contribution in [0.25, 0.3) is 77.2 Å². The molecule has 1 aromatic heterocycles. The van der Waals surface area contributed by atoms with E-state index in [1.807, 2.05) is 0 Å². The first-order valence-corrected chi connectivity index (χ1v) is 19.8. The molecule has 0 unspecified atom stereocenters. The molecule has 10 aromatic rings. The van der Waals surface area contributed by atoms with Crippen LogP contribution in [0.2, 0.25) is 0 Å². The van der Waals surface area contributed by atoms with Crippen molar-refractivity contribution in [2.24, 2.45) is 0 Å². The molecule has 0 amide bonds. The van der Waals surface area contributed by atoms with Crippen LogP contribution in [0.15, 0.2) is 205 Å². The molecule has 0 atom stereocenters. The SMILES string of the molecule is CC1(C)c2ccccc2-c2cc3c(oc4c(-c5cccc6ccccc56)cccc43)c(N(c3ccc(-c4ccccc4)cc3)c3ccc(-c4ccccc4)cc3)c21. The fourth-order valence-corrected chi connectivity index (χ4v) is 9.32. The largest absolute Gasteiger partial charge is 0.453 e. The zero-order valence-corrected chi connectivity index (χ0v) is 31.9. The smallest absolute Gasteiger partial charge is 0.159 e. The van der Waals surface area contributed by atoms with Crippen LogP contribution < -0.4 is 4.90 Å². The molecule has 1 aliphatic rings. The Balaban J connectivity index is 1.22. The average Bonchev–Trinajstić information content (AvgIpc) is 3.76. The van der Waals surface area contributed by atoms with Gasteiger partial charge in [0.25, 0.3) is 0 Å². The van der Waals surface area contributed by atoms with Crippen molar-refractivity contribution >= 4 is 49.8 Å². The van der Waals surface area contributed by atoms with Gasteiger partial charge in [0.15, 0.2) is 5.58 Å². The molecule has 9 aromatic carbocycles. The van der Waals surface area contributed by atoms with Crippen molar-refractivity contribution in [2.75, 3.05) is 4.90 Å². The third-order valence-corrected chi connectivity index (χ3v) is 12.0. The van der Waals surface area contributed by atoms with Crippen molar-refractivity contribution in [3.8, 4) is 44.5 Å². The average molecular weight is 730 g/mol. The number of fused-ring (bicyclic) bond motifs is 7. The Morgan fingerprint density at radius 1 is 0.386 bits per heavy atom. The second kappa shape index (κ2) is 13.0. The van der Waals surface area contributed by atoms with Crippen molar-refractivity contribution in [1.82, 2.24) is 0 Å². The normalized spacial score (nSPS) is 12.9. The molecular weight excluding hydrogens is 691 g/mol. The summed E-state index contributed by atoms with van der Waals surface area (Å²) in [6.45, 7) is 4.73. The van der Waals surface area contributed by atoms with Crippen LogP contribution in [0.1, 0.15) is 25.0 Å². The van der Waals surface area contributed by atoms with Gasteiger partial charge in [-0.15, -0.1) is 0 Å². The molecule has 2 nitrogen and oxygen atoms in total. The number of anilines is 3. The monoisotopic (exact) mass is 729 g/mol. The van der Waals surface area contributed by atoms with Crippen LogP contribution in [0, 0.1) is 0 Å². The molecule has 0 bridgehead atoms.